The Balaban J connectivity index is 1.88. The Morgan fingerprint density at radius 1 is 1.67 bits per heavy atom. The average Bonchev–Trinajstić information content (AvgIpc) is 2.21. The van der Waals surface area contributed by atoms with Crippen molar-refractivity contribution in [1.82, 2.24) is 0 Å². The van der Waals surface area contributed by atoms with Gasteiger partial charge < -0.3 is 0 Å². The van der Waals surface area contributed by atoms with Crippen LogP contribution in [-0.4, -0.2) is 10.5 Å². The molecule has 0 heterocycles. The highest BCUT2D eigenvalue weighted by atomic mass is 32.2. The zero-order valence-corrected chi connectivity index (χ0v) is 4.07. The van der Waals surface area contributed by atoms with Crippen LogP contribution in [0.25, 0.3) is 0 Å². The monoisotopic (exact) mass is 106 g/mol. The van der Waals surface area contributed by atoms with E-state index >= 15 is 0 Å². The van der Waals surface area contributed by atoms with Crippen molar-refractivity contribution >= 4 is 12.0 Å². The van der Waals surface area contributed by atoms with Gasteiger partial charge in [0, 0.05) is 17.3 Å². The molecular weight excluding hydrogens is 100 g/mol. The summed E-state index contributed by atoms with van der Waals surface area (Å²) in [6.45, 7) is 0. The SMILES string of the molecule is OOSC1CC1. The lowest BCUT2D eigenvalue weighted by Crippen LogP contribution is -1.70. The van der Waals surface area contributed by atoms with Crippen LogP contribution in [0, 0.1) is 0 Å². The fourth-order valence-corrected chi connectivity index (χ4v) is 0.675. The maximum atomic E-state index is 7.74. The van der Waals surface area contributed by atoms with E-state index in [-0.39, 0.29) is 0 Å². The second-order valence-corrected chi connectivity index (χ2v) is 2.38. The first-order valence-corrected chi connectivity index (χ1v) is 2.71. The van der Waals surface area contributed by atoms with Gasteiger partial charge in [0.25, 0.3) is 0 Å². The van der Waals surface area contributed by atoms with E-state index in [2.05, 4.69) is 4.33 Å². The predicted molar refractivity (Wildman–Crippen MR) is 24.3 cm³/mol. The highest BCUT2D eigenvalue weighted by Crippen LogP contribution is 2.33. The van der Waals surface area contributed by atoms with Gasteiger partial charge in [0.15, 0.2) is 0 Å². The molecule has 36 valence electrons. The minimum atomic E-state index is 0.593. The molecule has 0 aromatic rings. The third kappa shape index (κ3) is 1.16. The molecule has 0 aromatic carbocycles. The van der Waals surface area contributed by atoms with Crippen LogP contribution in [0.1, 0.15) is 12.8 Å². The van der Waals surface area contributed by atoms with Crippen molar-refractivity contribution in [1.29, 1.82) is 0 Å². The van der Waals surface area contributed by atoms with E-state index in [1.54, 1.807) is 0 Å². The van der Waals surface area contributed by atoms with Crippen LogP contribution in [0.15, 0.2) is 0 Å². The molecule has 1 saturated carbocycles. The summed E-state index contributed by atoms with van der Waals surface area (Å²) < 4.78 is 3.78. The highest BCUT2D eigenvalue weighted by molar-refractivity contribution is 7.95. The van der Waals surface area contributed by atoms with Crippen LogP contribution >= 0.6 is 12.0 Å². The second kappa shape index (κ2) is 1.82. The average molecular weight is 106 g/mol. The fraction of sp³-hybridized carbons (Fsp3) is 1.00. The van der Waals surface area contributed by atoms with Gasteiger partial charge in [-0.25, -0.2) is 5.26 Å². The van der Waals surface area contributed by atoms with Gasteiger partial charge in [0.05, 0.1) is 0 Å². The molecule has 1 N–H and O–H groups in total. The molecule has 0 saturated heterocycles. The van der Waals surface area contributed by atoms with E-state index in [1.165, 1.54) is 12.8 Å². The van der Waals surface area contributed by atoms with E-state index in [0.717, 1.165) is 12.0 Å². The third-order valence-electron chi connectivity index (χ3n) is 0.703. The minimum absolute atomic E-state index is 0.593. The summed E-state index contributed by atoms with van der Waals surface area (Å²) >= 11 is 1.15. The first kappa shape index (κ1) is 4.43. The molecule has 0 unspecified atom stereocenters. The van der Waals surface area contributed by atoms with Crippen LogP contribution in [-0.2, 0) is 4.33 Å². The van der Waals surface area contributed by atoms with Gasteiger partial charge in [-0.3, -0.25) is 0 Å². The first-order chi connectivity index (χ1) is 2.93. The van der Waals surface area contributed by atoms with Gasteiger partial charge in [-0.1, -0.05) is 0 Å². The summed E-state index contributed by atoms with van der Waals surface area (Å²) in [4.78, 5) is 0. The van der Waals surface area contributed by atoms with Crippen molar-refractivity contribution in [3.05, 3.63) is 0 Å². The molecule has 1 rings (SSSR count). The van der Waals surface area contributed by atoms with Crippen LogP contribution in [0.4, 0.5) is 0 Å². The largest absolute Gasteiger partial charge is 0.239 e. The maximum absolute atomic E-state index is 7.74. The van der Waals surface area contributed by atoms with Crippen molar-refractivity contribution in [2.24, 2.45) is 0 Å². The molecule has 0 radical (unpaired) electrons. The first-order valence-electron chi connectivity index (χ1n) is 1.90. The second-order valence-electron chi connectivity index (χ2n) is 1.37. The predicted octanol–water partition coefficient (Wildman–Crippen LogP) is 1.29. The molecule has 1 aliphatic carbocycles. The molecule has 0 atom stereocenters. The summed E-state index contributed by atoms with van der Waals surface area (Å²) in [5, 5.41) is 8.33. The Kier molecular flexibility index (Phi) is 1.34. The molecule has 1 aliphatic rings. The van der Waals surface area contributed by atoms with E-state index in [1.807, 2.05) is 0 Å². The topological polar surface area (TPSA) is 29.5 Å². The Bertz CT molecular complexity index is 44.1. The van der Waals surface area contributed by atoms with Crippen molar-refractivity contribution < 1.29 is 9.59 Å². The molecule has 1 fully saturated rings. The smallest absolute Gasteiger partial charge is 0.0345 e. The summed E-state index contributed by atoms with van der Waals surface area (Å²) in [5.41, 5.74) is 0. The summed E-state index contributed by atoms with van der Waals surface area (Å²) in [7, 11) is 0. The maximum Gasteiger partial charge on any atom is 0.0345 e. The van der Waals surface area contributed by atoms with Crippen LogP contribution < -0.4 is 0 Å². The van der Waals surface area contributed by atoms with Gasteiger partial charge >= 0.3 is 0 Å². The van der Waals surface area contributed by atoms with E-state index in [4.69, 9.17) is 5.26 Å². The Morgan fingerprint density at radius 2 is 2.33 bits per heavy atom. The van der Waals surface area contributed by atoms with Crippen LogP contribution in [0.5, 0.6) is 0 Å². The lowest BCUT2D eigenvalue weighted by Gasteiger charge is -1.82. The fourth-order valence-electron chi connectivity index (χ4n) is 0.225. The zero-order chi connectivity index (χ0) is 4.41. The lowest BCUT2D eigenvalue weighted by atomic mass is 11.0. The molecule has 0 amide bonds. The van der Waals surface area contributed by atoms with Crippen LogP contribution in [0.2, 0.25) is 0 Å². The van der Waals surface area contributed by atoms with Gasteiger partial charge in [-0.2, -0.15) is 4.33 Å². The van der Waals surface area contributed by atoms with Crippen molar-refractivity contribution in [3.8, 4) is 0 Å². The van der Waals surface area contributed by atoms with Gasteiger partial charge in [0.2, 0.25) is 0 Å². The van der Waals surface area contributed by atoms with Gasteiger partial charge in [-0.15, -0.1) is 0 Å². The molecule has 0 spiro atoms. The normalized spacial score (nSPS) is 21.5. The molecule has 0 bridgehead atoms. The van der Waals surface area contributed by atoms with Gasteiger partial charge in [-0.05, 0) is 12.8 Å². The number of rotatable bonds is 2. The van der Waals surface area contributed by atoms with Crippen molar-refractivity contribution in [3.63, 3.8) is 0 Å². The zero-order valence-electron chi connectivity index (χ0n) is 3.26. The third-order valence-corrected chi connectivity index (χ3v) is 1.53. The summed E-state index contributed by atoms with van der Waals surface area (Å²) in [6.07, 6.45) is 2.40. The molecule has 6 heavy (non-hydrogen) atoms. The molecule has 3 heteroatoms. The van der Waals surface area contributed by atoms with Crippen molar-refractivity contribution in [2.75, 3.05) is 0 Å². The molecular formula is C3H6O2S. The van der Waals surface area contributed by atoms with E-state index in [9.17, 15) is 0 Å². The Morgan fingerprint density at radius 3 is 2.50 bits per heavy atom. The minimum Gasteiger partial charge on any atom is -0.239 e. The Hall–Kier alpha value is 0.270. The lowest BCUT2D eigenvalue weighted by molar-refractivity contribution is -0.116. The Labute approximate surface area is 40.6 Å². The van der Waals surface area contributed by atoms with Crippen LogP contribution in [0.3, 0.4) is 0 Å². The standard InChI is InChI=1S/C3H6O2S/c4-5-6-3-1-2-3/h3-4H,1-2H2. The molecule has 2 nitrogen and oxygen atoms in total. The highest BCUT2D eigenvalue weighted by Gasteiger charge is 2.22. The summed E-state index contributed by atoms with van der Waals surface area (Å²) in [6, 6.07) is 0. The number of hydrogen-bond acceptors (Lipinski definition) is 3. The van der Waals surface area contributed by atoms with Crippen molar-refractivity contribution in [2.45, 2.75) is 18.1 Å². The van der Waals surface area contributed by atoms with Gasteiger partial charge in [0.1, 0.15) is 0 Å². The molecule has 0 aromatic heterocycles. The molecule has 0 aliphatic heterocycles. The van der Waals surface area contributed by atoms with E-state index in [0.29, 0.717) is 5.25 Å². The quantitative estimate of drug-likeness (QED) is 0.327. The van der Waals surface area contributed by atoms with E-state index < -0.39 is 0 Å². The summed E-state index contributed by atoms with van der Waals surface area (Å²) in [5.74, 6) is 0. The number of hydrogen-bond donors (Lipinski definition) is 1.